The van der Waals surface area contributed by atoms with E-state index in [2.05, 4.69) is 6.58 Å². The standard InChI is InChI=1S/C22H32O3/c1-2-19(24)25-11-9-21-13-17(16-4-3-5-18(16)21)20-14-6-7-15(12-14)22(20,21)8-10-23/h2,14-18,20,23H,1,3-13H2. The number of hydrogen-bond acceptors (Lipinski definition) is 3. The van der Waals surface area contributed by atoms with Crippen LogP contribution in [0.15, 0.2) is 12.7 Å². The topological polar surface area (TPSA) is 46.5 Å². The zero-order valence-corrected chi connectivity index (χ0v) is 15.3. The Labute approximate surface area is 151 Å². The minimum absolute atomic E-state index is 0.285. The lowest BCUT2D eigenvalue weighted by molar-refractivity contribution is -0.144. The molecule has 5 fully saturated rings. The highest BCUT2D eigenvalue weighted by Gasteiger charge is 2.78. The highest BCUT2D eigenvalue weighted by molar-refractivity contribution is 5.81. The maximum absolute atomic E-state index is 11.6. The second-order valence-electron chi connectivity index (χ2n) is 9.66. The molecule has 5 aliphatic carbocycles. The minimum atomic E-state index is -0.285. The summed E-state index contributed by atoms with van der Waals surface area (Å²) in [6.45, 7) is 4.40. The third-order valence-corrected chi connectivity index (χ3v) is 9.61. The lowest BCUT2D eigenvalue weighted by Crippen LogP contribution is -2.54. The van der Waals surface area contributed by atoms with Crippen LogP contribution in [-0.4, -0.2) is 24.3 Å². The fraction of sp³-hybridized carbons (Fsp3) is 0.864. The van der Waals surface area contributed by atoms with E-state index in [1.807, 2.05) is 0 Å². The van der Waals surface area contributed by atoms with Gasteiger partial charge in [-0.2, -0.15) is 0 Å². The van der Waals surface area contributed by atoms with Crippen LogP contribution in [0.25, 0.3) is 0 Å². The van der Waals surface area contributed by atoms with Gasteiger partial charge in [0, 0.05) is 12.7 Å². The number of carbonyl (C=O) groups is 1. The third kappa shape index (κ3) is 1.84. The van der Waals surface area contributed by atoms with E-state index in [0.717, 1.165) is 48.3 Å². The van der Waals surface area contributed by atoms with Gasteiger partial charge in [0.15, 0.2) is 0 Å². The number of carbonyl (C=O) groups excluding carboxylic acids is 1. The molecule has 25 heavy (non-hydrogen) atoms. The van der Waals surface area contributed by atoms with Crippen molar-refractivity contribution in [2.45, 2.75) is 57.8 Å². The van der Waals surface area contributed by atoms with Crippen molar-refractivity contribution in [1.29, 1.82) is 0 Å². The summed E-state index contributed by atoms with van der Waals surface area (Å²) in [6, 6.07) is 0. The van der Waals surface area contributed by atoms with Crippen LogP contribution in [0.1, 0.15) is 57.8 Å². The predicted octanol–water partition coefficient (Wildman–Crippen LogP) is 3.96. The van der Waals surface area contributed by atoms with Crippen LogP contribution in [0.4, 0.5) is 0 Å². The molecule has 5 saturated carbocycles. The summed E-state index contributed by atoms with van der Waals surface area (Å²) in [5.74, 6) is 4.94. The Hall–Kier alpha value is -0.830. The molecule has 8 atom stereocenters. The van der Waals surface area contributed by atoms with Crippen molar-refractivity contribution in [3.63, 3.8) is 0 Å². The van der Waals surface area contributed by atoms with Crippen molar-refractivity contribution in [3.05, 3.63) is 12.7 Å². The van der Waals surface area contributed by atoms with Crippen molar-refractivity contribution in [1.82, 2.24) is 0 Å². The van der Waals surface area contributed by atoms with Gasteiger partial charge in [0.25, 0.3) is 0 Å². The molecule has 5 rings (SSSR count). The van der Waals surface area contributed by atoms with Gasteiger partial charge in [0.1, 0.15) is 0 Å². The number of aliphatic hydroxyl groups is 1. The Balaban J connectivity index is 1.52. The average molecular weight is 344 g/mol. The first-order valence-electron chi connectivity index (χ1n) is 10.6. The Morgan fingerprint density at radius 3 is 2.88 bits per heavy atom. The van der Waals surface area contributed by atoms with E-state index in [1.165, 1.54) is 51.0 Å². The van der Waals surface area contributed by atoms with Crippen LogP contribution in [0.5, 0.6) is 0 Å². The van der Waals surface area contributed by atoms with E-state index in [4.69, 9.17) is 4.74 Å². The molecule has 3 nitrogen and oxygen atoms in total. The normalized spacial score (nSPS) is 51.6. The largest absolute Gasteiger partial charge is 0.463 e. The zero-order valence-electron chi connectivity index (χ0n) is 15.3. The van der Waals surface area contributed by atoms with Gasteiger partial charge in [-0.1, -0.05) is 13.0 Å². The average Bonchev–Trinajstić information content (AvgIpc) is 3.37. The predicted molar refractivity (Wildman–Crippen MR) is 95.6 cm³/mol. The smallest absolute Gasteiger partial charge is 0.330 e. The van der Waals surface area contributed by atoms with E-state index >= 15 is 0 Å². The first-order chi connectivity index (χ1) is 12.2. The SMILES string of the molecule is C=CC(=O)OCCC12CC(C3CCCC31)C1C3CCC(C3)C12CCO. The van der Waals surface area contributed by atoms with Crippen LogP contribution in [0.2, 0.25) is 0 Å². The maximum atomic E-state index is 11.6. The number of aliphatic hydroxyl groups excluding tert-OH is 1. The Morgan fingerprint density at radius 1 is 1.20 bits per heavy atom. The van der Waals surface area contributed by atoms with Crippen molar-refractivity contribution in [2.75, 3.05) is 13.2 Å². The highest BCUT2D eigenvalue weighted by atomic mass is 16.5. The molecule has 3 heteroatoms. The molecule has 0 spiro atoms. The molecule has 0 aliphatic heterocycles. The lowest BCUT2D eigenvalue weighted by atomic mass is 9.46. The molecule has 8 unspecified atom stereocenters. The van der Waals surface area contributed by atoms with E-state index in [9.17, 15) is 9.90 Å². The molecule has 138 valence electrons. The summed E-state index contributed by atoms with van der Waals surface area (Å²) < 4.78 is 5.48. The molecule has 0 aromatic heterocycles. The Kier molecular flexibility index (Phi) is 3.65. The van der Waals surface area contributed by atoms with Crippen molar-refractivity contribution >= 4 is 5.97 Å². The zero-order chi connectivity index (χ0) is 17.2. The van der Waals surface area contributed by atoms with E-state index in [0.29, 0.717) is 24.0 Å². The van der Waals surface area contributed by atoms with Crippen molar-refractivity contribution in [2.24, 2.45) is 46.3 Å². The molecule has 5 aliphatic rings. The highest BCUT2D eigenvalue weighted by Crippen LogP contribution is 2.84. The summed E-state index contributed by atoms with van der Waals surface area (Å²) in [5.41, 5.74) is 0.676. The van der Waals surface area contributed by atoms with Crippen molar-refractivity contribution < 1.29 is 14.6 Å². The summed E-state index contributed by atoms with van der Waals surface area (Å²) in [5, 5.41) is 10.0. The summed E-state index contributed by atoms with van der Waals surface area (Å²) in [6.07, 6.45) is 13.0. The van der Waals surface area contributed by atoms with E-state index in [-0.39, 0.29) is 5.97 Å². The van der Waals surface area contributed by atoms with Gasteiger partial charge in [-0.05, 0) is 97.7 Å². The number of fused-ring (bicyclic) bond motifs is 12. The Bertz CT molecular complexity index is 586. The van der Waals surface area contributed by atoms with Gasteiger partial charge in [-0.25, -0.2) is 4.79 Å². The van der Waals surface area contributed by atoms with E-state index < -0.39 is 0 Å². The number of rotatable bonds is 6. The summed E-state index contributed by atoms with van der Waals surface area (Å²) >= 11 is 0. The van der Waals surface area contributed by atoms with Gasteiger partial charge in [-0.15, -0.1) is 0 Å². The van der Waals surface area contributed by atoms with Gasteiger partial charge in [0.2, 0.25) is 0 Å². The van der Waals surface area contributed by atoms with E-state index in [1.54, 1.807) is 0 Å². The second-order valence-corrected chi connectivity index (χ2v) is 9.66. The van der Waals surface area contributed by atoms with Gasteiger partial charge in [0.05, 0.1) is 6.61 Å². The van der Waals surface area contributed by atoms with Crippen LogP contribution >= 0.6 is 0 Å². The molecule has 0 aromatic rings. The fourth-order valence-corrected chi connectivity index (χ4v) is 9.53. The first kappa shape index (κ1) is 16.4. The van der Waals surface area contributed by atoms with Crippen LogP contribution in [-0.2, 0) is 9.53 Å². The molecule has 1 N–H and O–H groups in total. The monoisotopic (exact) mass is 344 g/mol. The molecule has 0 aromatic carbocycles. The van der Waals surface area contributed by atoms with Gasteiger partial charge < -0.3 is 9.84 Å². The molecule has 4 bridgehead atoms. The third-order valence-electron chi connectivity index (χ3n) is 9.61. The summed E-state index contributed by atoms with van der Waals surface area (Å²) in [7, 11) is 0. The molecule has 0 saturated heterocycles. The van der Waals surface area contributed by atoms with Crippen molar-refractivity contribution in [3.8, 4) is 0 Å². The van der Waals surface area contributed by atoms with Gasteiger partial charge in [-0.3, -0.25) is 0 Å². The number of ether oxygens (including phenoxy) is 1. The minimum Gasteiger partial charge on any atom is -0.463 e. The quantitative estimate of drug-likeness (QED) is 0.451. The first-order valence-corrected chi connectivity index (χ1v) is 10.6. The maximum Gasteiger partial charge on any atom is 0.330 e. The molecular formula is C22H32O3. The second kappa shape index (κ2) is 5.58. The fourth-order valence-electron chi connectivity index (χ4n) is 9.53. The van der Waals surface area contributed by atoms with Crippen LogP contribution < -0.4 is 0 Å². The molecule has 0 amide bonds. The molecular weight excluding hydrogens is 312 g/mol. The lowest BCUT2D eigenvalue weighted by Gasteiger charge is -2.58. The molecule has 0 heterocycles. The Morgan fingerprint density at radius 2 is 2.08 bits per heavy atom. The number of esters is 1. The molecule has 0 radical (unpaired) electrons. The van der Waals surface area contributed by atoms with Gasteiger partial charge >= 0.3 is 5.97 Å². The summed E-state index contributed by atoms with van der Waals surface area (Å²) in [4.78, 5) is 11.6. The van der Waals surface area contributed by atoms with Crippen LogP contribution in [0, 0.1) is 46.3 Å². The van der Waals surface area contributed by atoms with Crippen LogP contribution in [0.3, 0.4) is 0 Å². The number of hydrogen-bond donors (Lipinski definition) is 1.